The molecule has 2 heterocycles. The molecule has 6 nitrogen and oxygen atoms in total. The lowest BCUT2D eigenvalue weighted by molar-refractivity contribution is -0.142. The first-order chi connectivity index (χ1) is 15.8. The second kappa shape index (κ2) is 9.87. The van der Waals surface area contributed by atoms with Crippen molar-refractivity contribution < 1.29 is 23.5 Å². The minimum absolute atomic E-state index is 0.306. The van der Waals surface area contributed by atoms with Crippen LogP contribution < -0.4 is 10.2 Å². The van der Waals surface area contributed by atoms with Gasteiger partial charge in [-0.05, 0) is 61.8 Å². The molecular formula is C24H25Cl2FN2O4. The van der Waals surface area contributed by atoms with Gasteiger partial charge in [0.1, 0.15) is 11.4 Å². The van der Waals surface area contributed by atoms with E-state index in [2.05, 4.69) is 5.32 Å². The molecule has 0 radical (unpaired) electrons. The summed E-state index contributed by atoms with van der Waals surface area (Å²) in [4.78, 5) is 27.0. The fourth-order valence-electron chi connectivity index (χ4n) is 4.64. The van der Waals surface area contributed by atoms with Crippen LogP contribution in [-0.4, -0.2) is 38.8 Å². The summed E-state index contributed by atoms with van der Waals surface area (Å²) in [6.07, 6.45) is 1.62. The van der Waals surface area contributed by atoms with Crippen molar-refractivity contribution in [3.63, 3.8) is 0 Å². The van der Waals surface area contributed by atoms with E-state index < -0.39 is 23.6 Å². The molecule has 4 rings (SSSR count). The van der Waals surface area contributed by atoms with Crippen LogP contribution in [0.25, 0.3) is 0 Å². The normalized spacial score (nSPS) is 17.9. The number of halogens is 3. The molecule has 2 aliphatic heterocycles. The Kier molecular flexibility index (Phi) is 7.12. The fraction of sp³-hybridized carbons (Fsp3) is 0.417. The van der Waals surface area contributed by atoms with Crippen LogP contribution in [0.5, 0.6) is 0 Å². The maximum Gasteiger partial charge on any atom is 0.415 e. The quantitative estimate of drug-likeness (QED) is 0.544. The van der Waals surface area contributed by atoms with Crippen molar-refractivity contribution in [3.8, 4) is 0 Å². The van der Waals surface area contributed by atoms with Gasteiger partial charge in [-0.2, -0.15) is 0 Å². The Labute approximate surface area is 201 Å². The highest BCUT2D eigenvalue weighted by atomic mass is 35.5. The molecule has 2 aromatic carbocycles. The molecule has 0 aromatic heterocycles. The van der Waals surface area contributed by atoms with Crippen molar-refractivity contribution >= 4 is 41.0 Å². The second-order valence-corrected chi connectivity index (χ2v) is 9.13. The van der Waals surface area contributed by atoms with Gasteiger partial charge in [-0.15, -0.1) is 0 Å². The Balaban J connectivity index is 1.54. The Morgan fingerprint density at radius 2 is 1.97 bits per heavy atom. The number of ether oxygens (including phenoxy) is 2. The number of fused-ring (bicyclic) bond motifs is 2. The number of anilines is 1. The van der Waals surface area contributed by atoms with E-state index in [0.717, 1.165) is 0 Å². The molecule has 1 fully saturated rings. The molecule has 1 spiro atoms. The van der Waals surface area contributed by atoms with Crippen LogP contribution in [0.2, 0.25) is 10.0 Å². The monoisotopic (exact) mass is 494 g/mol. The molecule has 0 aliphatic carbocycles. The molecule has 1 unspecified atom stereocenters. The van der Waals surface area contributed by atoms with Crippen LogP contribution in [-0.2, 0) is 19.9 Å². The third kappa shape index (κ3) is 4.81. The minimum atomic E-state index is -0.815. The number of nitrogens with one attached hydrogen (secondary N) is 1. The largest absolute Gasteiger partial charge is 0.469 e. The topological polar surface area (TPSA) is 67.9 Å². The number of nitrogens with zero attached hydrogens (tertiary/aromatic N) is 1. The summed E-state index contributed by atoms with van der Waals surface area (Å²) in [5.74, 6) is -1.32. The van der Waals surface area contributed by atoms with Crippen molar-refractivity contribution in [2.24, 2.45) is 0 Å². The fourth-order valence-corrected chi connectivity index (χ4v) is 4.95. The number of carbonyl (C=O) groups excluding carboxylic acids is 2. The predicted molar refractivity (Wildman–Crippen MR) is 124 cm³/mol. The summed E-state index contributed by atoms with van der Waals surface area (Å²) in [6, 6.07) is 9.48. The van der Waals surface area contributed by atoms with Gasteiger partial charge >= 0.3 is 12.1 Å². The summed E-state index contributed by atoms with van der Waals surface area (Å²) < 4.78 is 25.0. The summed E-state index contributed by atoms with van der Waals surface area (Å²) >= 11 is 12.1. The van der Waals surface area contributed by atoms with Crippen molar-refractivity contribution in [2.75, 3.05) is 31.6 Å². The van der Waals surface area contributed by atoms with Gasteiger partial charge < -0.3 is 14.8 Å². The number of carbonyl (C=O) groups is 2. The number of hydrogen-bond donors (Lipinski definition) is 1. The number of methoxy groups -OCH3 is 1. The highest BCUT2D eigenvalue weighted by Crippen LogP contribution is 2.45. The van der Waals surface area contributed by atoms with E-state index in [1.54, 1.807) is 24.3 Å². The maximum absolute atomic E-state index is 14.1. The minimum Gasteiger partial charge on any atom is -0.469 e. The maximum atomic E-state index is 14.1. The second-order valence-electron chi connectivity index (χ2n) is 8.32. The first-order valence-electron chi connectivity index (χ1n) is 10.9. The Morgan fingerprint density at radius 1 is 1.21 bits per heavy atom. The van der Waals surface area contributed by atoms with Crippen molar-refractivity contribution in [1.82, 2.24) is 5.32 Å². The zero-order valence-corrected chi connectivity index (χ0v) is 19.7. The van der Waals surface area contributed by atoms with Crippen molar-refractivity contribution in [1.29, 1.82) is 0 Å². The van der Waals surface area contributed by atoms with E-state index in [9.17, 15) is 14.0 Å². The van der Waals surface area contributed by atoms with E-state index >= 15 is 0 Å². The molecular weight excluding hydrogens is 470 g/mol. The van der Waals surface area contributed by atoms with Crippen molar-refractivity contribution in [3.05, 3.63) is 63.4 Å². The molecule has 1 N–H and O–H groups in total. The van der Waals surface area contributed by atoms with Gasteiger partial charge in [0.2, 0.25) is 0 Å². The average Bonchev–Trinajstić information content (AvgIpc) is 2.81. The van der Waals surface area contributed by atoms with Crippen LogP contribution in [0, 0.1) is 5.82 Å². The lowest BCUT2D eigenvalue weighted by atomic mass is 9.82. The molecule has 1 saturated heterocycles. The Bertz CT molecular complexity index is 1060. The van der Waals surface area contributed by atoms with Crippen LogP contribution in [0.3, 0.4) is 0 Å². The standard InChI is InChI=1S/C24H25Cl2FN2O4/c1-32-22(30)17(15-4-6-19(25)20(26)13-15)3-2-12-29-21-7-5-16(27)14-18(21)24(33-23(29)31)8-10-28-11-9-24/h4-7,13-14,17,28H,2-3,8-12H2,1H3. The third-order valence-electron chi connectivity index (χ3n) is 6.36. The molecule has 0 bridgehead atoms. The predicted octanol–water partition coefficient (Wildman–Crippen LogP) is 5.40. The number of esters is 1. The van der Waals surface area contributed by atoms with E-state index in [1.165, 1.54) is 24.1 Å². The summed E-state index contributed by atoms with van der Waals surface area (Å²) in [5, 5.41) is 4.01. The van der Waals surface area contributed by atoms with Crippen LogP contribution in [0.4, 0.5) is 14.9 Å². The number of amides is 1. The third-order valence-corrected chi connectivity index (χ3v) is 7.10. The molecule has 2 aliphatic rings. The van der Waals surface area contributed by atoms with Crippen LogP contribution in [0.1, 0.15) is 42.7 Å². The summed E-state index contributed by atoms with van der Waals surface area (Å²) in [7, 11) is 1.33. The number of piperidine rings is 1. The zero-order chi connectivity index (χ0) is 23.6. The lowest BCUT2D eigenvalue weighted by Gasteiger charge is -2.44. The van der Waals surface area contributed by atoms with Crippen LogP contribution in [0.15, 0.2) is 36.4 Å². The molecule has 9 heteroatoms. The van der Waals surface area contributed by atoms with Gasteiger partial charge in [0.05, 0.1) is 28.8 Å². The van der Waals surface area contributed by atoms with E-state index in [1.807, 2.05) is 0 Å². The number of benzene rings is 2. The molecule has 2 aromatic rings. The van der Waals surface area contributed by atoms with Crippen LogP contribution >= 0.6 is 23.2 Å². The van der Waals surface area contributed by atoms with E-state index in [4.69, 9.17) is 32.7 Å². The lowest BCUT2D eigenvalue weighted by Crippen LogP contribution is -2.51. The Morgan fingerprint density at radius 3 is 2.67 bits per heavy atom. The van der Waals surface area contributed by atoms with E-state index in [0.29, 0.717) is 72.2 Å². The number of hydrogen-bond acceptors (Lipinski definition) is 5. The average molecular weight is 495 g/mol. The number of rotatable bonds is 6. The Hall–Kier alpha value is -2.35. The van der Waals surface area contributed by atoms with E-state index in [-0.39, 0.29) is 5.82 Å². The van der Waals surface area contributed by atoms with Gasteiger partial charge in [-0.25, -0.2) is 9.18 Å². The zero-order valence-electron chi connectivity index (χ0n) is 18.2. The smallest absolute Gasteiger partial charge is 0.415 e. The summed E-state index contributed by atoms with van der Waals surface area (Å²) in [6.45, 7) is 1.68. The van der Waals surface area contributed by atoms with Crippen molar-refractivity contribution in [2.45, 2.75) is 37.2 Å². The van der Waals surface area contributed by atoms with Gasteiger partial charge in [-0.1, -0.05) is 29.3 Å². The first kappa shape index (κ1) is 23.8. The first-order valence-corrected chi connectivity index (χ1v) is 11.6. The highest BCUT2D eigenvalue weighted by molar-refractivity contribution is 6.42. The molecule has 1 amide bonds. The molecule has 0 saturated carbocycles. The molecule has 33 heavy (non-hydrogen) atoms. The highest BCUT2D eigenvalue weighted by Gasteiger charge is 2.45. The summed E-state index contributed by atoms with van der Waals surface area (Å²) in [5.41, 5.74) is 1.22. The van der Waals surface area contributed by atoms with Gasteiger partial charge in [-0.3, -0.25) is 9.69 Å². The van der Waals surface area contributed by atoms with Gasteiger partial charge in [0.15, 0.2) is 0 Å². The van der Waals surface area contributed by atoms with Gasteiger partial charge in [0, 0.05) is 24.9 Å². The molecule has 176 valence electrons. The molecule has 1 atom stereocenters. The van der Waals surface area contributed by atoms with Gasteiger partial charge in [0.25, 0.3) is 0 Å². The SMILES string of the molecule is COC(=O)C(CCCN1C(=O)OC2(CCNCC2)c2cc(F)ccc21)c1ccc(Cl)c(Cl)c1.